The van der Waals surface area contributed by atoms with Crippen LogP contribution in [0.4, 0.5) is 28.4 Å². The van der Waals surface area contributed by atoms with Crippen LogP contribution < -0.4 is 14.7 Å². The standard InChI is InChI=1S/C58H41N2Se/c61-58-38-30-47(39-56(58)45-15-6-2-7-16-45)41-23-31-50(32-24-41)60(52-35-27-46(28-36-52)54-22-12-18-43-17-10-11-21-53(43)54)51-33-25-42(26-34-51)48-29-37-55(44-13-4-1-5-14-44)57(40-48)59-49-19-8-3-9-20-49/h1-40,59H. The first-order valence-corrected chi connectivity index (χ1v) is 21.5. The molecule has 289 valence electrons. The fourth-order valence-electron chi connectivity index (χ4n) is 8.25. The third-order valence-corrected chi connectivity index (χ3v) is 12.1. The normalized spacial score (nSPS) is 11.0. The monoisotopic (exact) mass is 845 g/mol. The second kappa shape index (κ2) is 17.0. The molecule has 10 aromatic rings. The van der Waals surface area contributed by atoms with Gasteiger partial charge in [-0.15, -0.1) is 0 Å². The molecule has 61 heavy (non-hydrogen) atoms. The van der Waals surface area contributed by atoms with Gasteiger partial charge in [-0.25, -0.2) is 0 Å². The summed E-state index contributed by atoms with van der Waals surface area (Å²) in [6.07, 6.45) is 0. The summed E-state index contributed by atoms with van der Waals surface area (Å²) in [5.74, 6) is 0. The van der Waals surface area contributed by atoms with E-state index < -0.39 is 0 Å². The Hall–Kier alpha value is -7.42. The van der Waals surface area contributed by atoms with Gasteiger partial charge in [-0.3, -0.25) is 0 Å². The van der Waals surface area contributed by atoms with Crippen LogP contribution in [0.1, 0.15) is 0 Å². The molecule has 1 N–H and O–H groups in total. The van der Waals surface area contributed by atoms with Gasteiger partial charge in [0.05, 0.1) is 0 Å². The van der Waals surface area contributed by atoms with E-state index in [1.807, 2.05) is 6.07 Å². The fourth-order valence-corrected chi connectivity index (χ4v) is 8.76. The average molecular weight is 845 g/mol. The molecule has 0 saturated heterocycles. The number of benzene rings is 10. The summed E-state index contributed by atoms with van der Waals surface area (Å²) in [6.45, 7) is 0. The Bertz CT molecular complexity index is 3070. The molecule has 0 aliphatic heterocycles. The third kappa shape index (κ3) is 8.01. The summed E-state index contributed by atoms with van der Waals surface area (Å²) in [6, 6.07) is 86.9. The van der Waals surface area contributed by atoms with Crippen molar-refractivity contribution in [1.82, 2.24) is 0 Å². The van der Waals surface area contributed by atoms with Crippen LogP contribution in [0.3, 0.4) is 0 Å². The molecule has 0 aromatic heterocycles. The van der Waals surface area contributed by atoms with Gasteiger partial charge < -0.3 is 5.32 Å². The van der Waals surface area contributed by atoms with Crippen LogP contribution in [0.5, 0.6) is 0 Å². The summed E-state index contributed by atoms with van der Waals surface area (Å²) in [5, 5.41) is 6.20. The van der Waals surface area contributed by atoms with E-state index in [1.165, 1.54) is 49.7 Å². The number of rotatable bonds is 10. The second-order valence-electron chi connectivity index (χ2n) is 15.2. The Morgan fingerprint density at radius 1 is 0.311 bits per heavy atom. The van der Waals surface area contributed by atoms with E-state index >= 15 is 0 Å². The Morgan fingerprint density at radius 3 is 1.39 bits per heavy atom. The Morgan fingerprint density at radius 2 is 0.770 bits per heavy atom. The van der Waals surface area contributed by atoms with Gasteiger partial charge in [-0.2, -0.15) is 0 Å². The summed E-state index contributed by atoms with van der Waals surface area (Å²) in [5.41, 5.74) is 17.2. The van der Waals surface area contributed by atoms with Crippen molar-refractivity contribution in [3.8, 4) is 55.6 Å². The maximum absolute atomic E-state index is 3.70. The van der Waals surface area contributed by atoms with Gasteiger partial charge in [0.1, 0.15) is 0 Å². The van der Waals surface area contributed by atoms with Crippen molar-refractivity contribution >= 4 is 59.7 Å². The number of fused-ring (bicyclic) bond motifs is 1. The average Bonchev–Trinajstić information content (AvgIpc) is 3.33. The van der Waals surface area contributed by atoms with Gasteiger partial charge in [0.2, 0.25) is 0 Å². The van der Waals surface area contributed by atoms with Crippen molar-refractivity contribution in [2.75, 3.05) is 10.2 Å². The molecule has 0 saturated carbocycles. The molecule has 0 heterocycles. The number of nitrogens with zero attached hydrogens (tertiary/aromatic N) is 1. The number of hydrogen-bond acceptors (Lipinski definition) is 2. The van der Waals surface area contributed by atoms with E-state index in [0.29, 0.717) is 0 Å². The fraction of sp³-hybridized carbons (Fsp3) is 0. The molecule has 0 fully saturated rings. The van der Waals surface area contributed by atoms with E-state index in [2.05, 4.69) is 263 Å². The molecule has 0 unspecified atom stereocenters. The molecule has 0 spiro atoms. The van der Waals surface area contributed by atoms with Gasteiger partial charge >= 0.3 is 186 Å². The van der Waals surface area contributed by atoms with Crippen LogP contribution in [0, 0.1) is 0 Å². The first kappa shape index (κ1) is 37.8. The topological polar surface area (TPSA) is 15.3 Å². The minimum atomic E-state index is 1.05. The van der Waals surface area contributed by atoms with Crippen LogP contribution in [-0.4, -0.2) is 16.0 Å². The van der Waals surface area contributed by atoms with E-state index in [4.69, 9.17) is 0 Å². The van der Waals surface area contributed by atoms with Crippen molar-refractivity contribution in [2.45, 2.75) is 0 Å². The first-order valence-electron chi connectivity index (χ1n) is 20.6. The van der Waals surface area contributed by atoms with Crippen LogP contribution >= 0.6 is 0 Å². The molecule has 0 atom stereocenters. The molecule has 0 amide bonds. The number of hydrogen-bond donors (Lipinski definition) is 1. The predicted molar refractivity (Wildman–Crippen MR) is 261 cm³/mol. The first-order chi connectivity index (χ1) is 30.1. The molecule has 0 bridgehead atoms. The molecular weight excluding hydrogens is 804 g/mol. The molecule has 0 aliphatic carbocycles. The zero-order chi connectivity index (χ0) is 41.0. The van der Waals surface area contributed by atoms with E-state index in [9.17, 15) is 0 Å². The Kier molecular flexibility index (Phi) is 10.6. The predicted octanol–water partition coefficient (Wildman–Crippen LogP) is 15.2. The Labute approximate surface area is 366 Å². The maximum atomic E-state index is 3.70. The zero-order valence-corrected chi connectivity index (χ0v) is 35.2. The van der Waals surface area contributed by atoms with Crippen molar-refractivity contribution in [3.63, 3.8) is 0 Å². The van der Waals surface area contributed by atoms with Crippen molar-refractivity contribution in [1.29, 1.82) is 0 Å². The van der Waals surface area contributed by atoms with E-state index in [1.54, 1.807) is 0 Å². The van der Waals surface area contributed by atoms with Crippen molar-refractivity contribution in [3.05, 3.63) is 243 Å². The summed E-state index contributed by atoms with van der Waals surface area (Å²) >= 11 is 3.26. The SMILES string of the molecule is [Se]c1ccc(-c2ccc(N(c3ccc(-c4ccc(-c5ccccc5)c(Nc5ccccc5)c4)cc3)c3ccc(-c4cccc5ccccc45)cc3)cc2)cc1-c1ccccc1. The minimum absolute atomic E-state index is 1.05. The van der Waals surface area contributed by atoms with Crippen LogP contribution in [-0.2, 0) is 0 Å². The number of para-hydroxylation sites is 1. The van der Waals surface area contributed by atoms with Crippen LogP contribution in [0.25, 0.3) is 66.4 Å². The van der Waals surface area contributed by atoms with Gasteiger partial charge in [-0.1, -0.05) is 103 Å². The zero-order valence-electron chi connectivity index (χ0n) is 33.4. The number of anilines is 5. The van der Waals surface area contributed by atoms with Gasteiger partial charge in [-0.05, 0) is 56.8 Å². The molecular formula is C58H41N2Se. The summed E-state index contributed by atoms with van der Waals surface area (Å²) in [4.78, 5) is 2.35. The van der Waals surface area contributed by atoms with Crippen molar-refractivity contribution < 1.29 is 0 Å². The molecule has 10 rings (SSSR count). The van der Waals surface area contributed by atoms with E-state index in [0.717, 1.165) is 49.6 Å². The van der Waals surface area contributed by atoms with Gasteiger partial charge in [0.15, 0.2) is 0 Å². The van der Waals surface area contributed by atoms with Crippen molar-refractivity contribution in [2.24, 2.45) is 0 Å². The second-order valence-corrected chi connectivity index (χ2v) is 16.1. The summed E-state index contributed by atoms with van der Waals surface area (Å²) in [7, 11) is 0. The van der Waals surface area contributed by atoms with Crippen LogP contribution in [0.2, 0.25) is 0 Å². The molecule has 1 radical (unpaired) electrons. The third-order valence-electron chi connectivity index (χ3n) is 11.4. The van der Waals surface area contributed by atoms with Gasteiger partial charge in [0, 0.05) is 16.9 Å². The molecule has 10 aromatic carbocycles. The molecule has 2 nitrogen and oxygen atoms in total. The van der Waals surface area contributed by atoms with Crippen LogP contribution in [0.15, 0.2) is 243 Å². The molecule has 3 heteroatoms. The van der Waals surface area contributed by atoms with E-state index in [-0.39, 0.29) is 0 Å². The quantitative estimate of drug-likeness (QED) is 0.138. The molecule has 0 aliphatic rings. The number of nitrogens with one attached hydrogen (secondary N) is 1. The van der Waals surface area contributed by atoms with Gasteiger partial charge in [0.25, 0.3) is 0 Å². The summed E-state index contributed by atoms with van der Waals surface area (Å²) < 4.78 is 1.14. The Balaban J connectivity index is 1.02.